The van der Waals surface area contributed by atoms with Gasteiger partial charge >= 0.3 is 0 Å². The zero-order valence-corrected chi connectivity index (χ0v) is 13.0. The Kier molecular flexibility index (Phi) is 4.81. The molecule has 0 radical (unpaired) electrons. The Morgan fingerprint density at radius 3 is 2.46 bits per heavy atom. The van der Waals surface area contributed by atoms with E-state index in [9.17, 15) is 9.59 Å². The van der Waals surface area contributed by atoms with E-state index in [0.717, 1.165) is 10.8 Å². The molecule has 2 amide bonds. The van der Waals surface area contributed by atoms with Crippen molar-refractivity contribution in [3.63, 3.8) is 0 Å². The topological polar surface area (TPSA) is 71.1 Å². The second kappa shape index (κ2) is 7.37. The van der Waals surface area contributed by atoms with Gasteiger partial charge in [0.1, 0.15) is 0 Å². The van der Waals surface area contributed by atoms with Crippen LogP contribution in [0.15, 0.2) is 67.0 Å². The first-order chi connectivity index (χ1) is 11.7. The zero-order valence-electron chi connectivity index (χ0n) is 13.0. The Balaban J connectivity index is 1.52. The lowest BCUT2D eigenvalue weighted by atomic mass is 10.1. The van der Waals surface area contributed by atoms with Gasteiger partial charge in [-0.15, -0.1) is 0 Å². The van der Waals surface area contributed by atoms with Gasteiger partial charge in [0.2, 0.25) is 5.91 Å². The van der Waals surface area contributed by atoms with Crippen LogP contribution in [0.25, 0.3) is 10.8 Å². The molecule has 0 aliphatic rings. The third kappa shape index (κ3) is 3.95. The molecule has 0 aliphatic carbocycles. The lowest BCUT2D eigenvalue weighted by molar-refractivity contribution is -0.116. The molecular formula is C19H17N3O2. The smallest absolute Gasteiger partial charge is 0.251 e. The van der Waals surface area contributed by atoms with Crippen molar-refractivity contribution < 1.29 is 9.59 Å². The van der Waals surface area contributed by atoms with E-state index >= 15 is 0 Å². The minimum Gasteiger partial charge on any atom is -0.352 e. The third-order valence-electron chi connectivity index (χ3n) is 3.61. The lowest BCUT2D eigenvalue weighted by Gasteiger charge is -2.07. The number of carbonyl (C=O) groups is 2. The molecule has 3 rings (SSSR count). The molecule has 0 bridgehead atoms. The predicted molar refractivity (Wildman–Crippen MR) is 93.8 cm³/mol. The molecule has 2 N–H and O–H groups in total. The molecule has 0 aliphatic heterocycles. The fraction of sp³-hybridized carbons (Fsp3) is 0.105. The van der Waals surface area contributed by atoms with Crippen molar-refractivity contribution in [2.24, 2.45) is 0 Å². The number of hydrogen-bond donors (Lipinski definition) is 2. The first-order valence-electron chi connectivity index (χ1n) is 7.69. The summed E-state index contributed by atoms with van der Waals surface area (Å²) in [5.74, 6) is -0.336. The monoisotopic (exact) mass is 319 g/mol. The van der Waals surface area contributed by atoms with Gasteiger partial charge in [-0.3, -0.25) is 14.6 Å². The molecule has 0 fully saturated rings. The lowest BCUT2D eigenvalue weighted by Crippen LogP contribution is -2.27. The summed E-state index contributed by atoms with van der Waals surface area (Å²) in [6.45, 7) is 0.280. The zero-order chi connectivity index (χ0) is 16.8. The number of nitrogens with one attached hydrogen (secondary N) is 2. The molecule has 0 unspecified atom stereocenters. The summed E-state index contributed by atoms with van der Waals surface area (Å²) >= 11 is 0. The molecule has 5 heteroatoms. The Hall–Kier alpha value is -3.21. The maximum Gasteiger partial charge on any atom is 0.251 e. The Morgan fingerprint density at radius 2 is 1.67 bits per heavy atom. The number of rotatable bonds is 5. The van der Waals surface area contributed by atoms with Gasteiger partial charge in [0, 0.05) is 36.6 Å². The number of nitrogens with zero attached hydrogens (tertiary/aromatic N) is 1. The Labute approximate surface area is 139 Å². The average molecular weight is 319 g/mol. The van der Waals surface area contributed by atoms with Crippen molar-refractivity contribution in [3.8, 4) is 0 Å². The summed E-state index contributed by atoms with van der Waals surface area (Å²) in [6.07, 6.45) is 3.43. The number of pyridine rings is 1. The second-order valence-electron chi connectivity index (χ2n) is 5.35. The van der Waals surface area contributed by atoms with Gasteiger partial charge in [0.15, 0.2) is 0 Å². The number of aromatic nitrogens is 1. The van der Waals surface area contributed by atoms with E-state index < -0.39 is 0 Å². The fourth-order valence-electron chi connectivity index (χ4n) is 2.38. The predicted octanol–water partition coefficient (Wildman–Crippen LogP) is 2.99. The number of anilines is 1. The van der Waals surface area contributed by atoms with Crippen molar-refractivity contribution in [1.29, 1.82) is 0 Å². The number of hydrogen-bond acceptors (Lipinski definition) is 3. The highest BCUT2D eigenvalue weighted by molar-refractivity contribution is 5.99. The van der Waals surface area contributed by atoms with E-state index in [-0.39, 0.29) is 24.8 Å². The largest absolute Gasteiger partial charge is 0.352 e. The quantitative estimate of drug-likeness (QED) is 0.759. The van der Waals surface area contributed by atoms with Crippen LogP contribution in [0.5, 0.6) is 0 Å². The first kappa shape index (κ1) is 15.7. The molecule has 5 nitrogen and oxygen atoms in total. The average Bonchev–Trinajstić information content (AvgIpc) is 2.62. The van der Waals surface area contributed by atoms with Crippen molar-refractivity contribution in [1.82, 2.24) is 10.3 Å². The molecule has 2 aromatic carbocycles. The third-order valence-corrected chi connectivity index (χ3v) is 3.61. The number of fused-ring (bicyclic) bond motifs is 1. The van der Waals surface area contributed by atoms with Crippen molar-refractivity contribution >= 4 is 28.3 Å². The summed E-state index contributed by atoms with van der Waals surface area (Å²) in [6, 6.07) is 16.8. The highest BCUT2D eigenvalue weighted by atomic mass is 16.2. The maximum absolute atomic E-state index is 12.2. The number of benzene rings is 2. The Bertz CT molecular complexity index is 863. The molecule has 1 aromatic heterocycles. The molecule has 3 aromatic rings. The first-order valence-corrected chi connectivity index (χ1v) is 7.69. The van der Waals surface area contributed by atoms with Gasteiger partial charge in [0.05, 0.1) is 0 Å². The molecule has 1 heterocycles. The molecule has 120 valence electrons. The maximum atomic E-state index is 12.2. The van der Waals surface area contributed by atoms with Crippen molar-refractivity contribution in [2.45, 2.75) is 6.42 Å². The van der Waals surface area contributed by atoms with Gasteiger partial charge in [-0.2, -0.15) is 0 Å². The van der Waals surface area contributed by atoms with Crippen LogP contribution in [0.1, 0.15) is 16.8 Å². The minimum atomic E-state index is -0.183. The van der Waals surface area contributed by atoms with E-state index in [2.05, 4.69) is 15.6 Å². The van der Waals surface area contributed by atoms with Gasteiger partial charge in [-0.05, 0) is 35.0 Å². The van der Waals surface area contributed by atoms with Crippen molar-refractivity contribution in [2.75, 3.05) is 11.9 Å². The molecule has 0 spiro atoms. The summed E-state index contributed by atoms with van der Waals surface area (Å²) < 4.78 is 0. The van der Waals surface area contributed by atoms with Crippen LogP contribution in [-0.4, -0.2) is 23.3 Å². The van der Waals surface area contributed by atoms with Crippen LogP contribution in [-0.2, 0) is 4.79 Å². The summed E-state index contributed by atoms with van der Waals surface area (Å²) in [4.78, 5) is 27.9. The van der Waals surface area contributed by atoms with E-state index in [1.165, 1.54) is 0 Å². The molecule has 0 atom stereocenters. The van der Waals surface area contributed by atoms with Crippen LogP contribution in [0.4, 0.5) is 5.69 Å². The summed E-state index contributed by atoms with van der Waals surface area (Å²) in [5.41, 5.74) is 1.28. The van der Waals surface area contributed by atoms with E-state index in [1.807, 2.05) is 36.4 Å². The highest BCUT2D eigenvalue weighted by Crippen LogP contribution is 2.15. The Morgan fingerprint density at radius 1 is 0.917 bits per heavy atom. The number of amides is 2. The van der Waals surface area contributed by atoms with Gasteiger partial charge < -0.3 is 10.6 Å². The van der Waals surface area contributed by atoms with Gasteiger partial charge in [-0.1, -0.05) is 30.3 Å². The van der Waals surface area contributed by atoms with Crippen LogP contribution in [0.2, 0.25) is 0 Å². The highest BCUT2D eigenvalue weighted by Gasteiger charge is 2.07. The SMILES string of the molecule is O=C(CCNC(=O)c1ccc2ccccc2c1)Nc1ccncc1. The van der Waals surface area contributed by atoms with Crippen molar-refractivity contribution in [3.05, 3.63) is 72.6 Å². The van der Waals surface area contributed by atoms with Gasteiger partial charge in [0.25, 0.3) is 5.91 Å². The summed E-state index contributed by atoms with van der Waals surface area (Å²) in [5, 5.41) is 7.62. The minimum absolute atomic E-state index is 0.153. The molecule has 0 saturated carbocycles. The number of carbonyl (C=O) groups excluding carboxylic acids is 2. The van der Waals surface area contributed by atoms with Gasteiger partial charge in [-0.25, -0.2) is 0 Å². The normalized spacial score (nSPS) is 10.3. The van der Waals surface area contributed by atoms with Crippen LogP contribution >= 0.6 is 0 Å². The second-order valence-corrected chi connectivity index (χ2v) is 5.35. The summed E-state index contributed by atoms with van der Waals surface area (Å²) in [7, 11) is 0. The van der Waals surface area contributed by atoms with E-state index in [1.54, 1.807) is 30.6 Å². The van der Waals surface area contributed by atoms with E-state index in [4.69, 9.17) is 0 Å². The fourth-order valence-corrected chi connectivity index (χ4v) is 2.38. The van der Waals surface area contributed by atoms with E-state index in [0.29, 0.717) is 11.3 Å². The molecule has 24 heavy (non-hydrogen) atoms. The molecule has 0 saturated heterocycles. The van der Waals surface area contributed by atoms with Crippen LogP contribution in [0.3, 0.4) is 0 Å². The van der Waals surface area contributed by atoms with Crippen LogP contribution in [0, 0.1) is 0 Å². The standard InChI is InChI=1S/C19H17N3O2/c23-18(22-17-7-10-20-11-8-17)9-12-21-19(24)16-6-5-14-3-1-2-4-15(14)13-16/h1-8,10-11,13H,9,12H2,(H,21,24)(H,20,22,23). The molecular weight excluding hydrogens is 302 g/mol. The van der Waals surface area contributed by atoms with Crippen LogP contribution < -0.4 is 10.6 Å².